The van der Waals surface area contributed by atoms with Crippen LogP contribution in [0.15, 0.2) is 18.3 Å². The number of rotatable bonds is 1. The fourth-order valence-corrected chi connectivity index (χ4v) is 2.71. The van der Waals surface area contributed by atoms with E-state index >= 15 is 0 Å². The number of aromatic amines is 1. The van der Waals surface area contributed by atoms with Crippen molar-refractivity contribution in [2.24, 2.45) is 5.73 Å². The van der Waals surface area contributed by atoms with Crippen molar-refractivity contribution in [2.75, 3.05) is 0 Å². The summed E-state index contributed by atoms with van der Waals surface area (Å²) in [5.41, 5.74) is 7.86. The van der Waals surface area contributed by atoms with E-state index in [1.807, 2.05) is 6.07 Å². The molecular formula is C13H16FN3. The van der Waals surface area contributed by atoms with E-state index in [1.165, 1.54) is 18.7 Å². The molecule has 0 amide bonds. The number of nitrogens with two attached hydrogens (primary N) is 1. The molecule has 3 rings (SSSR count). The van der Waals surface area contributed by atoms with E-state index in [0.717, 1.165) is 42.4 Å². The lowest BCUT2D eigenvalue weighted by Crippen LogP contribution is -2.38. The third-order valence-electron chi connectivity index (χ3n) is 3.72. The third kappa shape index (κ3) is 1.82. The van der Waals surface area contributed by atoms with Crippen molar-refractivity contribution in [3.05, 3.63) is 29.8 Å². The first-order chi connectivity index (χ1) is 8.17. The zero-order chi connectivity index (χ0) is 11.9. The van der Waals surface area contributed by atoms with Gasteiger partial charge in [-0.2, -0.15) is 0 Å². The normalized spacial score (nSPS) is 19.6. The number of halogens is 1. The molecule has 2 aromatic heterocycles. The maximum atomic E-state index is 13.1. The van der Waals surface area contributed by atoms with Gasteiger partial charge < -0.3 is 10.7 Å². The van der Waals surface area contributed by atoms with Gasteiger partial charge in [-0.15, -0.1) is 0 Å². The number of pyridine rings is 1. The van der Waals surface area contributed by atoms with Crippen molar-refractivity contribution in [3.8, 4) is 0 Å². The molecule has 90 valence electrons. The van der Waals surface area contributed by atoms with Crippen LogP contribution < -0.4 is 5.73 Å². The predicted molar refractivity (Wildman–Crippen MR) is 65.0 cm³/mol. The van der Waals surface area contributed by atoms with E-state index in [1.54, 1.807) is 0 Å². The van der Waals surface area contributed by atoms with Crippen LogP contribution in [-0.2, 0) is 5.54 Å². The predicted octanol–water partition coefficient (Wildman–Crippen LogP) is 2.82. The zero-order valence-corrected chi connectivity index (χ0v) is 9.67. The molecule has 3 N–H and O–H groups in total. The summed E-state index contributed by atoms with van der Waals surface area (Å²) in [5, 5.41) is 0.801. The Morgan fingerprint density at radius 1 is 1.24 bits per heavy atom. The Bertz CT molecular complexity index is 541. The summed E-state index contributed by atoms with van der Waals surface area (Å²) in [7, 11) is 0. The Kier molecular flexibility index (Phi) is 2.40. The van der Waals surface area contributed by atoms with E-state index in [4.69, 9.17) is 5.73 Å². The van der Waals surface area contributed by atoms with Gasteiger partial charge in [0.05, 0.1) is 11.7 Å². The number of aromatic nitrogens is 2. The first-order valence-electron chi connectivity index (χ1n) is 6.11. The van der Waals surface area contributed by atoms with Crippen LogP contribution in [0, 0.1) is 5.82 Å². The molecule has 1 fully saturated rings. The molecule has 1 aliphatic carbocycles. The second kappa shape index (κ2) is 3.81. The van der Waals surface area contributed by atoms with Crippen LogP contribution in [0.5, 0.6) is 0 Å². The lowest BCUT2D eigenvalue weighted by molar-refractivity contribution is 0.296. The Morgan fingerprint density at radius 3 is 2.76 bits per heavy atom. The zero-order valence-electron chi connectivity index (χ0n) is 9.67. The highest BCUT2D eigenvalue weighted by Crippen LogP contribution is 2.35. The number of H-pyrrole nitrogens is 1. The standard InChI is InChI=1S/C13H16FN3/c14-10-6-9-7-11(17-12(9)16-8-10)13(15)4-2-1-3-5-13/h6-8H,1-5,15H2,(H,16,17). The Morgan fingerprint density at radius 2 is 2.00 bits per heavy atom. The van der Waals surface area contributed by atoms with Crippen LogP contribution >= 0.6 is 0 Å². The molecule has 0 aliphatic heterocycles. The van der Waals surface area contributed by atoms with Gasteiger partial charge in [0.25, 0.3) is 0 Å². The summed E-state index contributed by atoms with van der Waals surface area (Å²) in [6, 6.07) is 3.44. The first-order valence-corrected chi connectivity index (χ1v) is 6.11. The second-order valence-electron chi connectivity index (χ2n) is 4.99. The Hall–Kier alpha value is -1.42. The molecule has 2 heterocycles. The monoisotopic (exact) mass is 233 g/mol. The molecule has 0 radical (unpaired) electrons. The van der Waals surface area contributed by atoms with Crippen molar-refractivity contribution in [3.63, 3.8) is 0 Å². The van der Waals surface area contributed by atoms with Gasteiger partial charge in [-0.05, 0) is 25.0 Å². The van der Waals surface area contributed by atoms with Gasteiger partial charge in [0.1, 0.15) is 11.5 Å². The molecule has 0 bridgehead atoms. The maximum absolute atomic E-state index is 13.1. The smallest absolute Gasteiger partial charge is 0.142 e. The van der Waals surface area contributed by atoms with Gasteiger partial charge in [0, 0.05) is 11.1 Å². The van der Waals surface area contributed by atoms with Gasteiger partial charge >= 0.3 is 0 Å². The summed E-state index contributed by atoms with van der Waals surface area (Å²) in [5.74, 6) is -0.308. The van der Waals surface area contributed by atoms with Crippen molar-refractivity contribution in [2.45, 2.75) is 37.6 Å². The minimum atomic E-state index is -0.308. The summed E-state index contributed by atoms with van der Waals surface area (Å²) in [6.07, 6.45) is 6.78. The minimum Gasteiger partial charge on any atom is -0.342 e. The fourth-order valence-electron chi connectivity index (χ4n) is 2.71. The minimum absolute atomic E-state index is 0.282. The second-order valence-corrected chi connectivity index (χ2v) is 4.99. The lowest BCUT2D eigenvalue weighted by atomic mass is 9.80. The number of fused-ring (bicyclic) bond motifs is 1. The fraction of sp³-hybridized carbons (Fsp3) is 0.462. The summed E-state index contributed by atoms with van der Waals surface area (Å²) >= 11 is 0. The van der Waals surface area contributed by atoms with Gasteiger partial charge in [-0.1, -0.05) is 19.3 Å². The topological polar surface area (TPSA) is 54.7 Å². The number of hydrogen-bond donors (Lipinski definition) is 2. The van der Waals surface area contributed by atoms with Crippen LogP contribution in [0.2, 0.25) is 0 Å². The number of nitrogens with zero attached hydrogens (tertiary/aromatic N) is 1. The number of hydrogen-bond acceptors (Lipinski definition) is 2. The van der Waals surface area contributed by atoms with E-state index in [0.29, 0.717) is 0 Å². The molecule has 17 heavy (non-hydrogen) atoms. The first kappa shape index (κ1) is 10.7. The lowest BCUT2D eigenvalue weighted by Gasteiger charge is -2.32. The molecule has 0 spiro atoms. The van der Waals surface area contributed by atoms with Crippen LogP contribution in [0.4, 0.5) is 4.39 Å². The molecule has 0 atom stereocenters. The SMILES string of the molecule is NC1(c2cc3cc(F)cnc3[nH]2)CCCCC1. The van der Waals surface area contributed by atoms with E-state index < -0.39 is 0 Å². The molecule has 1 saturated carbocycles. The Labute approximate surface area is 99.2 Å². The van der Waals surface area contributed by atoms with Crippen molar-refractivity contribution in [1.82, 2.24) is 9.97 Å². The van der Waals surface area contributed by atoms with Gasteiger partial charge in [-0.25, -0.2) is 9.37 Å². The van der Waals surface area contributed by atoms with E-state index in [-0.39, 0.29) is 11.4 Å². The van der Waals surface area contributed by atoms with Crippen LogP contribution in [0.25, 0.3) is 11.0 Å². The quantitative estimate of drug-likeness (QED) is 0.795. The molecule has 0 saturated heterocycles. The molecule has 3 nitrogen and oxygen atoms in total. The van der Waals surface area contributed by atoms with Crippen molar-refractivity contribution in [1.29, 1.82) is 0 Å². The molecule has 0 unspecified atom stereocenters. The largest absolute Gasteiger partial charge is 0.342 e. The Balaban J connectivity index is 2.05. The summed E-state index contributed by atoms with van der Waals surface area (Å²) in [4.78, 5) is 7.27. The molecular weight excluding hydrogens is 217 g/mol. The van der Waals surface area contributed by atoms with Crippen LogP contribution in [0.3, 0.4) is 0 Å². The molecule has 4 heteroatoms. The number of nitrogens with one attached hydrogen (secondary N) is 1. The van der Waals surface area contributed by atoms with Crippen LogP contribution in [0.1, 0.15) is 37.8 Å². The van der Waals surface area contributed by atoms with Crippen LogP contribution in [-0.4, -0.2) is 9.97 Å². The maximum Gasteiger partial charge on any atom is 0.142 e. The van der Waals surface area contributed by atoms with Gasteiger partial charge in [0.15, 0.2) is 0 Å². The average Bonchev–Trinajstić information content (AvgIpc) is 2.73. The van der Waals surface area contributed by atoms with Gasteiger partial charge in [0.2, 0.25) is 0 Å². The average molecular weight is 233 g/mol. The summed E-state index contributed by atoms with van der Waals surface area (Å²) in [6.45, 7) is 0. The highest BCUT2D eigenvalue weighted by molar-refractivity contribution is 5.76. The van der Waals surface area contributed by atoms with E-state index in [2.05, 4.69) is 9.97 Å². The molecule has 1 aliphatic rings. The molecule has 0 aromatic carbocycles. The summed E-state index contributed by atoms with van der Waals surface area (Å²) < 4.78 is 13.1. The van der Waals surface area contributed by atoms with Crippen molar-refractivity contribution >= 4 is 11.0 Å². The van der Waals surface area contributed by atoms with Gasteiger partial charge in [-0.3, -0.25) is 0 Å². The highest BCUT2D eigenvalue weighted by atomic mass is 19.1. The molecule has 2 aromatic rings. The highest BCUT2D eigenvalue weighted by Gasteiger charge is 2.30. The third-order valence-corrected chi connectivity index (χ3v) is 3.72. The van der Waals surface area contributed by atoms with Crippen molar-refractivity contribution < 1.29 is 4.39 Å². The van der Waals surface area contributed by atoms with E-state index in [9.17, 15) is 4.39 Å².